The van der Waals surface area contributed by atoms with Gasteiger partial charge in [-0.1, -0.05) is 80.1 Å². The number of hydrogen-bond acceptors (Lipinski definition) is 0. The average molecular weight is 326 g/mol. The van der Waals surface area contributed by atoms with Crippen molar-refractivity contribution in [1.29, 1.82) is 0 Å². The van der Waals surface area contributed by atoms with Gasteiger partial charge in [0.1, 0.15) is 6.54 Å². The van der Waals surface area contributed by atoms with Gasteiger partial charge in [-0.3, -0.25) is 0 Å². The number of nitrogens with zero attached hydrogens (tertiary/aromatic N) is 1. The van der Waals surface area contributed by atoms with Gasteiger partial charge >= 0.3 is 0 Å². The van der Waals surface area contributed by atoms with E-state index in [0.29, 0.717) is 0 Å². The molecule has 0 unspecified atom stereocenters. The maximum atomic E-state index is 2.21. The van der Waals surface area contributed by atoms with E-state index in [0.717, 1.165) is 6.54 Å². The van der Waals surface area contributed by atoms with Crippen molar-refractivity contribution in [2.75, 3.05) is 0 Å². The van der Waals surface area contributed by atoms with Crippen LogP contribution in [0, 0.1) is 0 Å². The molecule has 0 saturated carbocycles. The van der Waals surface area contributed by atoms with Gasteiger partial charge < -0.3 is 12.4 Å². The lowest BCUT2D eigenvalue weighted by Gasteiger charge is -1.98. The van der Waals surface area contributed by atoms with Gasteiger partial charge in [-0.15, -0.1) is 0 Å². The predicted octanol–water partition coefficient (Wildman–Crippen LogP) is 2.13. The van der Waals surface area contributed by atoms with Crippen LogP contribution in [-0.2, 0) is 6.54 Å². The topological polar surface area (TPSA) is 3.88 Å². The first kappa shape index (κ1) is 18.9. The summed E-state index contributed by atoms with van der Waals surface area (Å²) in [5.41, 5.74) is 2.55. The third kappa shape index (κ3) is 7.12. The van der Waals surface area contributed by atoms with Gasteiger partial charge in [0.15, 0.2) is 12.4 Å². The zero-order chi connectivity index (χ0) is 15.5. The lowest BCUT2D eigenvalue weighted by atomic mass is 10.1. The SMILES string of the molecule is CCCC[n+]1ccccc1.[Cl-].c1ccc(-c2ccccc2)cc1. The zero-order valence-corrected chi connectivity index (χ0v) is 14.4. The molecule has 0 aliphatic rings. The van der Waals surface area contributed by atoms with E-state index in [9.17, 15) is 0 Å². The molecule has 0 N–H and O–H groups in total. The lowest BCUT2D eigenvalue weighted by Crippen LogP contribution is -3.00. The molecule has 1 heterocycles. The molecule has 0 atom stereocenters. The standard InChI is InChI=1S/C12H10.C9H14N.ClH/c1-3-7-11(8-4-1)12-9-5-2-6-10-12;1-2-3-7-10-8-5-4-6-9-10;/h1-10H;4-6,8-9H,2-3,7H2,1H3;1H/q;+1;/p-1. The molecule has 0 aliphatic heterocycles. The number of benzene rings is 2. The van der Waals surface area contributed by atoms with Crippen LogP contribution in [0.4, 0.5) is 0 Å². The fourth-order valence-electron chi connectivity index (χ4n) is 2.19. The molecule has 1 aromatic heterocycles. The molecule has 0 saturated heterocycles. The molecule has 0 bridgehead atoms. The highest BCUT2D eigenvalue weighted by Gasteiger charge is 1.93. The summed E-state index contributed by atoms with van der Waals surface area (Å²) in [6, 6.07) is 27.0. The van der Waals surface area contributed by atoms with Gasteiger partial charge in [-0.2, -0.15) is 0 Å². The van der Waals surface area contributed by atoms with E-state index in [1.165, 1.54) is 24.0 Å². The second-order valence-electron chi connectivity index (χ2n) is 5.20. The Bertz CT molecular complexity index is 586. The molecular weight excluding hydrogens is 302 g/mol. The third-order valence-electron chi connectivity index (χ3n) is 3.43. The van der Waals surface area contributed by atoms with Crippen molar-refractivity contribution in [3.05, 3.63) is 91.3 Å². The van der Waals surface area contributed by atoms with E-state index in [2.05, 4.69) is 84.5 Å². The predicted molar refractivity (Wildman–Crippen MR) is 93.4 cm³/mol. The molecule has 2 heteroatoms. The zero-order valence-electron chi connectivity index (χ0n) is 13.6. The number of halogens is 1. The third-order valence-corrected chi connectivity index (χ3v) is 3.43. The van der Waals surface area contributed by atoms with E-state index in [1.807, 2.05) is 18.2 Å². The van der Waals surface area contributed by atoms with Gasteiger partial charge in [0.25, 0.3) is 0 Å². The van der Waals surface area contributed by atoms with Crippen molar-refractivity contribution >= 4 is 0 Å². The van der Waals surface area contributed by atoms with Crippen molar-refractivity contribution < 1.29 is 17.0 Å². The first-order valence-electron chi connectivity index (χ1n) is 7.94. The van der Waals surface area contributed by atoms with Crippen LogP contribution < -0.4 is 17.0 Å². The molecule has 0 spiro atoms. The number of aromatic nitrogens is 1. The van der Waals surface area contributed by atoms with Crippen LogP contribution in [0.2, 0.25) is 0 Å². The molecule has 2 aromatic carbocycles. The summed E-state index contributed by atoms with van der Waals surface area (Å²) >= 11 is 0. The first-order chi connectivity index (χ1) is 10.9. The Kier molecular flexibility index (Phi) is 9.42. The van der Waals surface area contributed by atoms with E-state index in [-0.39, 0.29) is 12.4 Å². The Hall–Kier alpha value is -2.12. The van der Waals surface area contributed by atoms with Crippen LogP contribution in [0.15, 0.2) is 91.3 Å². The minimum absolute atomic E-state index is 0. The minimum atomic E-state index is 0. The summed E-state index contributed by atoms with van der Waals surface area (Å²) in [5.74, 6) is 0. The summed E-state index contributed by atoms with van der Waals surface area (Å²) in [5, 5.41) is 0. The van der Waals surface area contributed by atoms with Crippen molar-refractivity contribution in [2.45, 2.75) is 26.3 Å². The molecule has 0 amide bonds. The number of unbranched alkanes of at least 4 members (excludes halogenated alkanes) is 1. The number of hydrogen-bond donors (Lipinski definition) is 0. The molecule has 23 heavy (non-hydrogen) atoms. The summed E-state index contributed by atoms with van der Waals surface area (Å²) < 4.78 is 2.21. The van der Waals surface area contributed by atoms with Crippen molar-refractivity contribution in [2.24, 2.45) is 0 Å². The van der Waals surface area contributed by atoms with Crippen LogP contribution in [0.3, 0.4) is 0 Å². The number of rotatable bonds is 4. The van der Waals surface area contributed by atoms with Crippen LogP contribution in [-0.4, -0.2) is 0 Å². The monoisotopic (exact) mass is 325 g/mol. The van der Waals surface area contributed by atoms with Gasteiger partial charge in [0.2, 0.25) is 0 Å². The Labute approximate surface area is 146 Å². The minimum Gasteiger partial charge on any atom is -1.00 e. The highest BCUT2D eigenvalue weighted by atomic mass is 35.5. The summed E-state index contributed by atoms with van der Waals surface area (Å²) in [7, 11) is 0. The van der Waals surface area contributed by atoms with E-state index in [4.69, 9.17) is 0 Å². The van der Waals surface area contributed by atoms with E-state index in [1.54, 1.807) is 0 Å². The second-order valence-corrected chi connectivity index (χ2v) is 5.20. The average Bonchev–Trinajstić information content (AvgIpc) is 2.63. The summed E-state index contributed by atoms with van der Waals surface area (Å²) in [4.78, 5) is 0. The number of aryl methyl sites for hydroxylation is 1. The van der Waals surface area contributed by atoms with Gasteiger partial charge in [-0.05, 0) is 11.1 Å². The van der Waals surface area contributed by atoms with Crippen LogP contribution >= 0.6 is 0 Å². The van der Waals surface area contributed by atoms with Crippen molar-refractivity contribution in [3.8, 4) is 11.1 Å². The Morgan fingerprint density at radius 3 is 1.52 bits per heavy atom. The Morgan fingerprint density at radius 2 is 1.09 bits per heavy atom. The fraction of sp³-hybridized carbons (Fsp3) is 0.190. The summed E-state index contributed by atoms with van der Waals surface area (Å²) in [6.45, 7) is 3.36. The lowest BCUT2D eigenvalue weighted by molar-refractivity contribution is -0.697. The second kappa shape index (κ2) is 11.4. The van der Waals surface area contributed by atoms with Gasteiger partial charge in [0, 0.05) is 18.6 Å². The molecule has 1 nitrogen and oxygen atoms in total. The number of pyridine rings is 1. The van der Waals surface area contributed by atoms with Gasteiger partial charge in [0.05, 0.1) is 0 Å². The van der Waals surface area contributed by atoms with Crippen LogP contribution in [0.25, 0.3) is 11.1 Å². The molecular formula is C21H24ClN. The van der Waals surface area contributed by atoms with Crippen LogP contribution in [0.5, 0.6) is 0 Å². The molecule has 0 radical (unpaired) electrons. The molecule has 120 valence electrons. The smallest absolute Gasteiger partial charge is 0.168 e. The Balaban J connectivity index is 0.000000224. The van der Waals surface area contributed by atoms with E-state index < -0.39 is 0 Å². The van der Waals surface area contributed by atoms with Crippen LogP contribution in [0.1, 0.15) is 19.8 Å². The molecule has 0 aliphatic carbocycles. The van der Waals surface area contributed by atoms with Crippen molar-refractivity contribution in [1.82, 2.24) is 0 Å². The van der Waals surface area contributed by atoms with Gasteiger partial charge in [-0.25, -0.2) is 4.57 Å². The molecule has 3 aromatic rings. The normalized spacial score (nSPS) is 9.26. The largest absolute Gasteiger partial charge is 1.00 e. The Morgan fingerprint density at radius 1 is 0.652 bits per heavy atom. The highest BCUT2D eigenvalue weighted by molar-refractivity contribution is 5.62. The maximum absolute atomic E-state index is 2.21. The van der Waals surface area contributed by atoms with Crippen molar-refractivity contribution in [3.63, 3.8) is 0 Å². The molecule has 0 fully saturated rings. The molecule has 3 rings (SSSR count). The summed E-state index contributed by atoms with van der Waals surface area (Å²) in [6.07, 6.45) is 6.75. The first-order valence-corrected chi connectivity index (χ1v) is 7.94. The quantitative estimate of drug-likeness (QED) is 0.647. The maximum Gasteiger partial charge on any atom is 0.168 e. The fourth-order valence-corrected chi connectivity index (χ4v) is 2.19. The van der Waals surface area contributed by atoms with E-state index >= 15 is 0 Å². The highest BCUT2D eigenvalue weighted by Crippen LogP contribution is 2.17.